The van der Waals surface area contributed by atoms with Crippen LogP contribution < -0.4 is 14.2 Å². The van der Waals surface area contributed by atoms with Crippen LogP contribution >= 0.6 is 0 Å². The highest BCUT2D eigenvalue weighted by molar-refractivity contribution is 6.02. The quantitative estimate of drug-likeness (QED) is 0.694. The number of piperidine rings is 1. The fourth-order valence-corrected chi connectivity index (χ4v) is 4.97. The van der Waals surface area contributed by atoms with Crippen LogP contribution in [0.4, 0.5) is 4.79 Å². The Morgan fingerprint density at radius 2 is 1.88 bits per heavy atom. The second kappa shape index (κ2) is 8.50. The number of rotatable bonds is 4. The Hall–Kier alpha value is -3.42. The second-order valence-electron chi connectivity index (χ2n) is 8.45. The first-order chi connectivity index (χ1) is 16.1. The summed E-state index contributed by atoms with van der Waals surface area (Å²) in [6.07, 6.45) is 1.74. The van der Waals surface area contributed by atoms with Gasteiger partial charge < -0.3 is 23.8 Å². The highest BCUT2D eigenvalue weighted by Crippen LogP contribution is 2.52. The van der Waals surface area contributed by atoms with Crippen molar-refractivity contribution in [2.24, 2.45) is 5.10 Å². The van der Waals surface area contributed by atoms with E-state index in [1.165, 1.54) is 0 Å². The Morgan fingerprint density at radius 1 is 1.12 bits per heavy atom. The Balaban J connectivity index is 1.50. The van der Waals surface area contributed by atoms with E-state index in [1.54, 1.807) is 19.1 Å². The summed E-state index contributed by atoms with van der Waals surface area (Å²) < 4.78 is 22.9. The van der Waals surface area contributed by atoms with Crippen LogP contribution in [0, 0.1) is 0 Å². The number of para-hydroxylation sites is 1. The monoisotopic (exact) mass is 451 g/mol. The molecule has 1 atom stereocenters. The van der Waals surface area contributed by atoms with Gasteiger partial charge in [-0.15, -0.1) is 0 Å². The molecule has 0 aliphatic carbocycles. The fraction of sp³-hybridized carbons (Fsp3) is 0.440. The molecule has 33 heavy (non-hydrogen) atoms. The number of fused-ring (bicyclic) bond motifs is 4. The van der Waals surface area contributed by atoms with E-state index in [1.807, 2.05) is 43.3 Å². The smallest absolute Gasteiger partial charge is 0.409 e. The molecule has 3 heterocycles. The summed E-state index contributed by atoms with van der Waals surface area (Å²) in [4.78, 5) is 14.0. The molecule has 3 aliphatic heterocycles. The zero-order chi connectivity index (χ0) is 23.0. The van der Waals surface area contributed by atoms with Crippen molar-refractivity contribution in [3.8, 4) is 17.2 Å². The molecule has 0 aromatic heterocycles. The minimum atomic E-state index is -0.649. The van der Waals surface area contributed by atoms with Crippen LogP contribution in [0.15, 0.2) is 47.6 Å². The summed E-state index contributed by atoms with van der Waals surface area (Å²) in [5.74, 6) is 2.31. The van der Waals surface area contributed by atoms with E-state index in [0.29, 0.717) is 32.5 Å². The summed E-state index contributed by atoms with van der Waals surface area (Å²) in [7, 11) is 3.33. The van der Waals surface area contributed by atoms with Crippen molar-refractivity contribution in [3.05, 3.63) is 53.6 Å². The number of carbonyl (C=O) groups is 1. The zero-order valence-corrected chi connectivity index (χ0v) is 19.2. The maximum absolute atomic E-state index is 12.3. The van der Waals surface area contributed by atoms with Gasteiger partial charge in [-0.3, -0.25) is 0 Å². The number of amides is 1. The molecule has 0 saturated carbocycles. The van der Waals surface area contributed by atoms with Gasteiger partial charge in [-0.2, -0.15) is 5.10 Å². The third-order valence-corrected chi connectivity index (χ3v) is 6.70. The molecule has 0 radical (unpaired) electrons. The molecule has 8 heteroatoms. The van der Waals surface area contributed by atoms with Gasteiger partial charge in [-0.1, -0.05) is 12.1 Å². The van der Waals surface area contributed by atoms with Crippen LogP contribution in [0.3, 0.4) is 0 Å². The molecule has 0 unspecified atom stereocenters. The first-order valence-electron chi connectivity index (χ1n) is 11.4. The van der Waals surface area contributed by atoms with Gasteiger partial charge in [0.05, 0.1) is 32.6 Å². The van der Waals surface area contributed by atoms with E-state index in [-0.39, 0.29) is 12.1 Å². The maximum atomic E-state index is 12.3. The fourth-order valence-electron chi connectivity index (χ4n) is 4.97. The van der Waals surface area contributed by atoms with Gasteiger partial charge in [0.1, 0.15) is 5.75 Å². The van der Waals surface area contributed by atoms with Crippen LogP contribution in [0.5, 0.6) is 17.2 Å². The number of hydrogen-bond donors (Lipinski definition) is 0. The minimum absolute atomic E-state index is 0.0371. The molecule has 1 amide bonds. The standard InChI is InChI=1S/C25H29N3O5/c1-4-32-24(29)27-14-12-25(13-15-27)28-21(19-6-5-7-22(31-3)23(19)33-25)16-20(26-28)17-8-10-18(30-2)11-9-17/h5-11,21H,4,12-16H2,1-3H3/t21-/m1/s1. The van der Waals surface area contributed by atoms with Crippen molar-refractivity contribution in [1.29, 1.82) is 0 Å². The largest absolute Gasteiger partial charge is 0.497 e. The van der Waals surface area contributed by atoms with Crippen molar-refractivity contribution in [2.75, 3.05) is 33.9 Å². The number of benzene rings is 2. The Kier molecular flexibility index (Phi) is 5.52. The molecule has 0 bridgehead atoms. The number of methoxy groups -OCH3 is 2. The lowest BCUT2D eigenvalue weighted by Gasteiger charge is -2.51. The maximum Gasteiger partial charge on any atom is 0.409 e. The van der Waals surface area contributed by atoms with E-state index in [4.69, 9.17) is 24.0 Å². The Bertz CT molecular complexity index is 1060. The number of likely N-dealkylation sites (tertiary alicyclic amines) is 1. The molecule has 0 N–H and O–H groups in total. The van der Waals surface area contributed by atoms with Crippen molar-refractivity contribution < 1.29 is 23.7 Å². The Labute approximate surface area is 193 Å². The van der Waals surface area contributed by atoms with Gasteiger partial charge in [0.2, 0.25) is 5.72 Å². The summed E-state index contributed by atoms with van der Waals surface area (Å²) in [5.41, 5.74) is 2.49. The minimum Gasteiger partial charge on any atom is -0.497 e. The highest BCUT2D eigenvalue weighted by Gasteiger charge is 2.53. The number of ether oxygens (including phenoxy) is 4. The summed E-state index contributed by atoms with van der Waals surface area (Å²) in [6, 6.07) is 14.0. The lowest BCUT2D eigenvalue weighted by atomic mass is 9.90. The van der Waals surface area contributed by atoms with Crippen molar-refractivity contribution in [2.45, 2.75) is 38.0 Å². The lowest BCUT2D eigenvalue weighted by Crippen LogP contribution is -2.59. The average molecular weight is 452 g/mol. The summed E-state index contributed by atoms with van der Waals surface area (Å²) in [6.45, 7) is 3.27. The van der Waals surface area contributed by atoms with Gasteiger partial charge >= 0.3 is 6.09 Å². The molecule has 1 spiro atoms. The number of hydrogen-bond acceptors (Lipinski definition) is 7. The molecule has 174 valence electrons. The van der Waals surface area contributed by atoms with Crippen molar-refractivity contribution >= 4 is 11.8 Å². The van der Waals surface area contributed by atoms with E-state index in [0.717, 1.165) is 40.5 Å². The van der Waals surface area contributed by atoms with Gasteiger partial charge in [0.25, 0.3) is 0 Å². The molecule has 2 aromatic rings. The van der Waals surface area contributed by atoms with Gasteiger partial charge in [0, 0.05) is 37.9 Å². The van der Waals surface area contributed by atoms with E-state index in [2.05, 4.69) is 11.1 Å². The number of nitrogens with zero attached hydrogens (tertiary/aromatic N) is 3. The zero-order valence-electron chi connectivity index (χ0n) is 19.2. The summed E-state index contributed by atoms with van der Waals surface area (Å²) >= 11 is 0. The first-order valence-corrected chi connectivity index (χ1v) is 11.4. The molecular weight excluding hydrogens is 422 g/mol. The van der Waals surface area contributed by atoms with E-state index >= 15 is 0 Å². The van der Waals surface area contributed by atoms with Crippen LogP contribution in [0.2, 0.25) is 0 Å². The first kappa shape index (κ1) is 21.4. The van der Waals surface area contributed by atoms with Crippen molar-refractivity contribution in [1.82, 2.24) is 9.91 Å². The predicted molar refractivity (Wildman–Crippen MR) is 123 cm³/mol. The highest BCUT2D eigenvalue weighted by atomic mass is 16.6. The molecular formula is C25H29N3O5. The average Bonchev–Trinajstić information content (AvgIpc) is 3.31. The number of hydrazone groups is 1. The van der Waals surface area contributed by atoms with Crippen LogP contribution in [-0.4, -0.2) is 61.4 Å². The topological polar surface area (TPSA) is 72.8 Å². The van der Waals surface area contributed by atoms with Crippen molar-refractivity contribution in [3.63, 3.8) is 0 Å². The van der Waals surface area contributed by atoms with Gasteiger partial charge in [-0.05, 0) is 42.8 Å². The lowest BCUT2D eigenvalue weighted by molar-refractivity contribution is -0.148. The Morgan fingerprint density at radius 3 is 2.55 bits per heavy atom. The number of carbonyl (C=O) groups excluding carboxylic acids is 1. The van der Waals surface area contributed by atoms with Gasteiger partial charge in [-0.25, -0.2) is 9.80 Å². The third kappa shape index (κ3) is 3.63. The molecule has 2 aromatic carbocycles. The molecule has 8 nitrogen and oxygen atoms in total. The van der Waals surface area contributed by atoms with Crippen LogP contribution in [-0.2, 0) is 4.74 Å². The molecule has 3 aliphatic rings. The molecule has 5 rings (SSSR count). The summed E-state index contributed by atoms with van der Waals surface area (Å²) in [5, 5.41) is 7.20. The van der Waals surface area contributed by atoms with E-state index < -0.39 is 5.72 Å². The molecule has 1 saturated heterocycles. The van der Waals surface area contributed by atoms with Crippen LogP contribution in [0.1, 0.15) is 43.4 Å². The SMILES string of the molecule is CCOC(=O)N1CCC2(CC1)Oc1c(OC)cccc1[C@H]1CC(c3ccc(OC)cc3)=NN12. The van der Waals surface area contributed by atoms with Gasteiger partial charge in [0.15, 0.2) is 11.5 Å². The normalized spacial score (nSPS) is 20.5. The van der Waals surface area contributed by atoms with E-state index in [9.17, 15) is 4.79 Å². The van der Waals surface area contributed by atoms with Crippen LogP contribution in [0.25, 0.3) is 0 Å². The third-order valence-electron chi connectivity index (χ3n) is 6.70. The second-order valence-corrected chi connectivity index (χ2v) is 8.45. The predicted octanol–water partition coefficient (Wildman–Crippen LogP) is 4.20. The molecule has 1 fully saturated rings.